The Morgan fingerprint density at radius 2 is 2.19 bits per heavy atom. The van der Waals surface area contributed by atoms with Gasteiger partial charge in [0, 0.05) is 26.2 Å². The summed E-state index contributed by atoms with van der Waals surface area (Å²) in [6.45, 7) is 8.39. The highest BCUT2D eigenvalue weighted by molar-refractivity contribution is 5.79. The minimum absolute atomic E-state index is 0.172. The minimum atomic E-state index is 0.172. The zero-order chi connectivity index (χ0) is 11.5. The molecule has 2 aliphatic rings. The summed E-state index contributed by atoms with van der Waals surface area (Å²) >= 11 is 0. The van der Waals surface area contributed by atoms with Gasteiger partial charge in [0.15, 0.2) is 0 Å². The number of rotatable bonds is 1. The van der Waals surface area contributed by atoms with Crippen molar-refractivity contribution in [2.24, 2.45) is 11.8 Å². The molecule has 0 bridgehead atoms. The molecule has 0 radical (unpaired) electrons. The van der Waals surface area contributed by atoms with E-state index in [2.05, 4.69) is 12.2 Å². The molecule has 0 aromatic heterocycles. The predicted octanol–water partition coefficient (Wildman–Crippen LogP) is 0.479. The van der Waals surface area contributed by atoms with Gasteiger partial charge in [-0.1, -0.05) is 6.92 Å². The molecular weight excluding hydrogens is 204 g/mol. The lowest BCUT2D eigenvalue weighted by atomic mass is 9.96. The van der Waals surface area contributed by atoms with Gasteiger partial charge in [-0.05, 0) is 25.8 Å². The molecule has 3 atom stereocenters. The zero-order valence-corrected chi connectivity index (χ0v) is 10.2. The molecule has 1 amide bonds. The lowest BCUT2D eigenvalue weighted by Crippen LogP contribution is -2.41. The molecule has 1 unspecified atom stereocenters. The van der Waals surface area contributed by atoms with Crippen molar-refractivity contribution < 1.29 is 9.53 Å². The Labute approximate surface area is 97.3 Å². The molecule has 0 aromatic rings. The van der Waals surface area contributed by atoms with Gasteiger partial charge in [-0.15, -0.1) is 0 Å². The molecule has 0 saturated carbocycles. The maximum Gasteiger partial charge on any atom is 0.227 e. The monoisotopic (exact) mass is 226 g/mol. The maximum absolute atomic E-state index is 12.3. The Hall–Kier alpha value is -0.610. The average Bonchev–Trinajstić information content (AvgIpc) is 2.55. The number of amides is 1. The van der Waals surface area contributed by atoms with Crippen LogP contribution < -0.4 is 5.32 Å². The fourth-order valence-corrected chi connectivity index (χ4v) is 2.57. The average molecular weight is 226 g/mol. The smallest absolute Gasteiger partial charge is 0.227 e. The third-order valence-electron chi connectivity index (χ3n) is 3.60. The molecule has 0 aliphatic carbocycles. The first-order valence-corrected chi connectivity index (χ1v) is 6.29. The Balaban J connectivity index is 1.97. The summed E-state index contributed by atoms with van der Waals surface area (Å²) in [5, 5.41) is 3.29. The first-order valence-electron chi connectivity index (χ1n) is 6.29. The van der Waals surface area contributed by atoms with Crippen LogP contribution >= 0.6 is 0 Å². The lowest BCUT2D eigenvalue weighted by molar-refractivity contribution is -0.136. The number of nitrogens with one attached hydrogen (secondary N) is 1. The Kier molecular flexibility index (Phi) is 3.82. The van der Waals surface area contributed by atoms with Crippen molar-refractivity contribution in [2.75, 3.05) is 32.8 Å². The van der Waals surface area contributed by atoms with Gasteiger partial charge in [0.25, 0.3) is 0 Å². The van der Waals surface area contributed by atoms with E-state index >= 15 is 0 Å². The highest BCUT2D eigenvalue weighted by Gasteiger charge is 2.33. The number of carbonyl (C=O) groups is 1. The molecule has 2 fully saturated rings. The number of nitrogens with zero attached hydrogens (tertiary/aromatic N) is 1. The second-order valence-corrected chi connectivity index (χ2v) is 5.06. The van der Waals surface area contributed by atoms with Crippen LogP contribution in [0.1, 0.15) is 20.3 Å². The largest absolute Gasteiger partial charge is 0.377 e. The van der Waals surface area contributed by atoms with E-state index < -0.39 is 0 Å². The highest BCUT2D eigenvalue weighted by Crippen LogP contribution is 2.20. The second kappa shape index (κ2) is 5.15. The fraction of sp³-hybridized carbons (Fsp3) is 0.917. The topological polar surface area (TPSA) is 41.6 Å². The SMILES string of the molecule is CC1CN(C(=O)[C@@H]2CNC[C@H]2C)CCCO1. The first-order chi connectivity index (χ1) is 7.68. The van der Waals surface area contributed by atoms with Crippen LogP contribution in [0.5, 0.6) is 0 Å². The summed E-state index contributed by atoms with van der Waals surface area (Å²) in [7, 11) is 0. The molecule has 16 heavy (non-hydrogen) atoms. The van der Waals surface area contributed by atoms with Gasteiger partial charge < -0.3 is 15.0 Å². The first kappa shape index (κ1) is 11.9. The maximum atomic E-state index is 12.3. The van der Waals surface area contributed by atoms with Crippen LogP contribution in [-0.4, -0.2) is 49.7 Å². The number of carbonyl (C=O) groups excluding carboxylic acids is 1. The Bertz CT molecular complexity index is 257. The molecule has 2 saturated heterocycles. The minimum Gasteiger partial charge on any atom is -0.377 e. The van der Waals surface area contributed by atoms with Crippen LogP contribution in [0, 0.1) is 11.8 Å². The Morgan fingerprint density at radius 1 is 1.38 bits per heavy atom. The predicted molar refractivity (Wildman–Crippen MR) is 62.1 cm³/mol. The van der Waals surface area contributed by atoms with Crippen LogP contribution in [-0.2, 0) is 9.53 Å². The molecule has 92 valence electrons. The Morgan fingerprint density at radius 3 is 2.88 bits per heavy atom. The van der Waals surface area contributed by atoms with Crippen molar-refractivity contribution in [3.63, 3.8) is 0 Å². The van der Waals surface area contributed by atoms with E-state index in [1.165, 1.54) is 0 Å². The van der Waals surface area contributed by atoms with E-state index in [4.69, 9.17) is 4.74 Å². The molecule has 2 heterocycles. The third kappa shape index (κ3) is 2.55. The molecule has 2 rings (SSSR count). The van der Waals surface area contributed by atoms with E-state index in [1.807, 2.05) is 11.8 Å². The van der Waals surface area contributed by atoms with Gasteiger partial charge >= 0.3 is 0 Å². The summed E-state index contributed by atoms with van der Waals surface area (Å²) in [4.78, 5) is 14.3. The number of hydrogen-bond acceptors (Lipinski definition) is 3. The van der Waals surface area contributed by atoms with Gasteiger partial charge in [0.2, 0.25) is 5.91 Å². The van der Waals surface area contributed by atoms with E-state index in [0.717, 1.165) is 39.2 Å². The lowest BCUT2D eigenvalue weighted by Gasteiger charge is -2.26. The quantitative estimate of drug-likeness (QED) is 0.707. The molecule has 0 spiro atoms. The van der Waals surface area contributed by atoms with Crippen LogP contribution in [0.2, 0.25) is 0 Å². The normalized spacial score (nSPS) is 36.1. The third-order valence-corrected chi connectivity index (χ3v) is 3.60. The molecular formula is C12H22N2O2. The van der Waals surface area contributed by atoms with Crippen LogP contribution in [0.4, 0.5) is 0 Å². The van der Waals surface area contributed by atoms with Gasteiger partial charge in [-0.2, -0.15) is 0 Å². The molecule has 4 heteroatoms. The van der Waals surface area contributed by atoms with Crippen molar-refractivity contribution in [2.45, 2.75) is 26.4 Å². The van der Waals surface area contributed by atoms with Gasteiger partial charge in [-0.3, -0.25) is 4.79 Å². The van der Waals surface area contributed by atoms with Crippen molar-refractivity contribution in [1.29, 1.82) is 0 Å². The van der Waals surface area contributed by atoms with Crippen LogP contribution in [0.3, 0.4) is 0 Å². The number of ether oxygens (including phenoxy) is 1. The summed E-state index contributed by atoms with van der Waals surface area (Å²) in [5.41, 5.74) is 0. The van der Waals surface area contributed by atoms with Gasteiger partial charge in [0.1, 0.15) is 0 Å². The molecule has 2 aliphatic heterocycles. The molecule has 1 N–H and O–H groups in total. The van der Waals surface area contributed by atoms with Crippen molar-refractivity contribution >= 4 is 5.91 Å². The summed E-state index contributed by atoms with van der Waals surface area (Å²) in [6.07, 6.45) is 1.14. The second-order valence-electron chi connectivity index (χ2n) is 5.06. The van der Waals surface area contributed by atoms with Gasteiger partial charge in [0.05, 0.1) is 12.0 Å². The molecule has 0 aromatic carbocycles. The summed E-state index contributed by atoms with van der Waals surface area (Å²) in [5.74, 6) is 0.951. The van der Waals surface area contributed by atoms with E-state index in [0.29, 0.717) is 11.8 Å². The number of hydrogen-bond donors (Lipinski definition) is 1. The van der Waals surface area contributed by atoms with Gasteiger partial charge in [-0.25, -0.2) is 0 Å². The summed E-state index contributed by atoms with van der Waals surface area (Å²) in [6, 6.07) is 0. The summed E-state index contributed by atoms with van der Waals surface area (Å²) < 4.78 is 5.56. The van der Waals surface area contributed by atoms with Crippen molar-refractivity contribution in [3.8, 4) is 0 Å². The van der Waals surface area contributed by atoms with Crippen molar-refractivity contribution in [1.82, 2.24) is 10.2 Å². The molecule has 4 nitrogen and oxygen atoms in total. The van der Waals surface area contributed by atoms with E-state index in [-0.39, 0.29) is 12.0 Å². The zero-order valence-electron chi connectivity index (χ0n) is 10.2. The van der Waals surface area contributed by atoms with E-state index in [1.54, 1.807) is 0 Å². The van der Waals surface area contributed by atoms with Crippen LogP contribution in [0.15, 0.2) is 0 Å². The fourth-order valence-electron chi connectivity index (χ4n) is 2.57. The van der Waals surface area contributed by atoms with Crippen LogP contribution in [0.25, 0.3) is 0 Å². The highest BCUT2D eigenvalue weighted by atomic mass is 16.5. The van der Waals surface area contributed by atoms with E-state index in [9.17, 15) is 4.79 Å². The van der Waals surface area contributed by atoms with Crippen molar-refractivity contribution in [3.05, 3.63) is 0 Å². The standard InChI is InChI=1S/C12H22N2O2/c1-9-6-13-7-11(9)12(15)14-4-3-5-16-10(2)8-14/h9-11,13H,3-8H2,1-2H3/t9-,10?,11-/m1/s1.